The van der Waals surface area contributed by atoms with Crippen molar-refractivity contribution in [3.8, 4) is 0 Å². The van der Waals surface area contributed by atoms with Crippen molar-refractivity contribution in [2.45, 2.75) is 31.8 Å². The van der Waals surface area contributed by atoms with Gasteiger partial charge in [-0.2, -0.15) is 0 Å². The third-order valence-electron chi connectivity index (χ3n) is 2.53. The SMILES string of the molecule is CC1CCC(C(=O)O)N1C[B-](F)(F)F.[K+]. The fourth-order valence-corrected chi connectivity index (χ4v) is 1.85. The van der Waals surface area contributed by atoms with Crippen molar-refractivity contribution in [3.63, 3.8) is 0 Å². The smallest absolute Gasteiger partial charge is 0.480 e. The molecule has 1 saturated heterocycles. The molecule has 1 aliphatic rings. The van der Waals surface area contributed by atoms with E-state index in [9.17, 15) is 17.7 Å². The number of halogens is 3. The van der Waals surface area contributed by atoms with Crippen molar-refractivity contribution >= 4 is 12.9 Å². The number of carboxylic acid groups (broad SMARTS) is 1. The molecular weight excluding hydrogens is 237 g/mol. The van der Waals surface area contributed by atoms with Gasteiger partial charge in [0.15, 0.2) is 0 Å². The van der Waals surface area contributed by atoms with Crippen LogP contribution in [0.2, 0.25) is 0 Å². The molecule has 0 spiro atoms. The summed E-state index contributed by atoms with van der Waals surface area (Å²) < 4.78 is 36.4. The summed E-state index contributed by atoms with van der Waals surface area (Å²) in [5, 5.41) is 8.70. The van der Waals surface area contributed by atoms with Crippen LogP contribution < -0.4 is 51.4 Å². The molecule has 0 bridgehead atoms. The van der Waals surface area contributed by atoms with Gasteiger partial charge in [-0.05, 0) is 26.2 Å². The predicted molar refractivity (Wildman–Crippen MR) is 45.9 cm³/mol. The Kier molecular flexibility index (Phi) is 6.39. The first kappa shape index (κ1) is 15.9. The number of carbonyl (C=O) groups is 1. The van der Waals surface area contributed by atoms with Gasteiger partial charge in [-0.1, -0.05) is 0 Å². The van der Waals surface area contributed by atoms with Gasteiger partial charge in [-0.25, -0.2) is 0 Å². The minimum atomic E-state index is -4.94. The summed E-state index contributed by atoms with van der Waals surface area (Å²) >= 11 is 0. The van der Waals surface area contributed by atoms with Gasteiger partial charge in [0.2, 0.25) is 0 Å². The Balaban J connectivity index is 0.00000196. The van der Waals surface area contributed by atoms with Gasteiger partial charge in [-0.3, -0.25) is 4.79 Å². The van der Waals surface area contributed by atoms with Crippen LogP contribution in [-0.2, 0) is 4.79 Å². The normalized spacial score (nSPS) is 27.5. The second-order valence-electron chi connectivity index (χ2n) is 3.69. The molecule has 1 fully saturated rings. The second-order valence-corrected chi connectivity index (χ2v) is 3.69. The molecule has 0 aromatic carbocycles. The Hall–Kier alpha value is 0.921. The fourth-order valence-electron chi connectivity index (χ4n) is 1.85. The molecule has 82 valence electrons. The molecule has 2 atom stereocenters. The van der Waals surface area contributed by atoms with E-state index in [-0.39, 0.29) is 57.4 Å². The molecule has 1 aliphatic heterocycles. The van der Waals surface area contributed by atoms with Crippen LogP contribution in [0.1, 0.15) is 19.8 Å². The van der Waals surface area contributed by atoms with Crippen molar-refractivity contribution in [1.29, 1.82) is 0 Å². The predicted octanol–water partition coefficient (Wildman–Crippen LogP) is -1.69. The van der Waals surface area contributed by atoms with E-state index in [0.29, 0.717) is 12.8 Å². The number of aliphatic carboxylic acids is 1. The second kappa shape index (κ2) is 6.02. The van der Waals surface area contributed by atoms with E-state index >= 15 is 0 Å². The van der Waals surface area contributed by atoms with Crippen molar-refractivity contribution in [1.82, 2.24) is 4.90 Å². The maximum atomic E-state index is 12.1. The van der Waals surface area contributed by atoms with Gasteiger partial charge in [0, 0.05) is 6.04 Å². The van der Waals surface area contributed by atoms with Crippen LogP contribution in [0.15, 0.2) is 0 Å². The zero-order valence-electron chi connectivity index (χ0n) is 8.79. The van der Waals surface area contributed by atoms with Crippen molar-refractivity contribution in [3.05, 3.63) is 0 Å². The molecule has 3 nitrogen and oxygen atoms in total. The molecule has 15 heavy (non-hydrogen) atoms. The topological polar surface area (TPSA) is 40.5 Å². The van der Waals surface area contributed by atoms with Gasteiger partial charge < -0.3 is 23.0 Å². The summed E-state index contributed by atoms with van der Waals surface area (Å²) in [6.45, 7) is -3.31. The van der Waals surface area contributed by atoms with Crippen molar-refractivity contribution in [2.24, 2.45) is 0 Å². The molecule has 0 amide bonds. The summed E-state index contributed by atoms with van der Waals surface area (Å²) in [5.74, 6) is -1.16. The van der Waals surface area contributed by atoms with E-state index in [1.807, 2.05) is 0 Å². The minimum absolute atomic E-state index is 0. The average Bonchev–Trinajstić information content (AvgIpc) is 2.29. The fraction of sp³-hybridized carbons (Fsp3) is 0.857. The van der Waals surface area contributed by atoms with Gasteiger partial charge in [0.25, 0.3) is 0 Å². The molecular formula is C7H12BF3KNO2. The summed E-state index contributed by atoms with van der Waals surface area (Å²) in [6, 6.07) is -1.26. The molecule has 1 heterocycles. The first-order valence-corrected chi connectivity index (χ1v) is 4.51. The van der Waals surface area contributed by atoms with E-state index in [1.54, 1.807) is 6.92 Å². The minimum Gasteiger partial charge on any atom is -0.480 e. The molecule has 0 aliphatic carbocycles. The summed E-state index contributed by atoms with van der Waals surface area (Å²) in [4.78, 5) is 11.7. The number of nitrogens with zero attached hydrogens (tertiary/aromatic N) is 1. The van der Waals surface area contributed by atoms with E-state index in [0.717, 1.165) is 4.90 Å². The monoisotopic (exact) mass is 249 g/mol. The molecule has 1 rings (SSSR count). The third-order valence-corrected chi connectivity index (χ3v) is 2.53. The van der Waals surface area contributed by atoms with Crippen LogP contribution in [0.5, 0.6) is 0 Å². The van der Waals surface area contributed by atoms with Gasteiger partial charge in [0.1, 0.15) is 6.04 Å². The number of likely N-dealkylation sites (tertiary alicyclic amines) is 1. The zero-order valence-corrected chi connectivity index (χ0v) is 11.9. The molecule has 0 saturated carbocycles. The first-order chi connectivity index (χ1) is 6.31. The number of hydrogen-bond acceptors (Lipinski definition) is 2. The Labute approximate surface area is 129 Å². The van der Waals surface area contributed by atoms with E-state index in [2.05, 4.69) is 0 Å². The molecule has 0 aromatic rings. The molecule has 2 unspecified atom stereocenters. The number of hydrogen-bond donors (Lipinski definition) is 1. The maximum absolute atomic E-state index is 12.1. The summed E-state index contributed by atoms with van der Waals surface area (Å²) in [5.41, 5.74) is 0. The summed E-state index contributed by atoms with van der Waals surface area (Å²) in [6.07, 6.45) is -0.246. The summed E-state index contributed by atoms with van der Waals surface area (Å²) in [7, 11) is 0. The largest absolute Gasteiger partial charge is 1.00 e. The van der Waals surface area contributed by atoms with Crippen molar-refractivity contribution in [2.75, 3.05) is 6.44 Å². The van der Waals surface area contributed by atoms with Crippen molar-refractivity contribution < 1.29 is 74.2 Å². The average molecular weight is 249 g/mol. The molecule has 1 N–H and O–H groups in total. The van der Waals surface area contributed by atoms with E-state index in [1.165, 1.54) is 0 Å². The van der Waals surface area contributed by atoms with Crippen LogP contribution >= 0.6 is 0 Å². The van der Waals surface area contributed by atoms with Crippen LogP contribution in [0.4, 0.5) is 12.9 Å². The standard InChI is InChI=1S/C7H12BF3NO2.K/c1-5-2-3-6(7(13)14)12(5)4-8(9,10)11;/h5-6H,2-4H2,1H3,(H,13,14);/q-1;+1. The molecule has 0 aromatic heterocycles. The third kappa shape index (κ3) is 4.74. The number of rotatable bonds is 3. The molecule has 8 heteroatoms. The first-order valence-electron chi connectivity index (χ1n) is 4.51. The van der Waals surface area contributed by atoms with E-state index < -0.39 is 25.4 Å². The quantitative estimate of drug-likeness (QED) is 0.607. The number of carboxylic acids is 1. The Bertz CT molecular complexity index is 239. The Morgan fingerprint density at radius 3 is 2.40 bits per heavy atom. The molecule has 0 radical (unpaired) electrons. The van der Waals surface area contributed by atoms with Gasteiger partial charge in [0.05, 0.1) is 0 Å². The van der Waals surface area contributed by atoms with E-state index in [4.69, 9.17) is 5.11 Å². The van der Waals surface area contributed by atoms with Crippen LogP contribution in [-0.4, -0.2) is 41.5 Å². The van der Waals surface area contributed by atoms with Crippen LogP contribution in [0.3, 0.4) is 0 Å². The maximum Gasteiger partial charge on any atom is 1.00 e. The Morgan fingerprint density at radius 1 is 1.47 bits per heavy atom. The Morgan fingerprint density at radius 2 is 2.00 bits per heavy atom. The van der Waals surface area contributed by atoms with Gasteiger partial charge >= 0.3 is 64.3 Å². The van der Waals surface area contributed by atoms with Crippen LogP contribution in [0, 0.1) is 0 Å². The zero-order chi connectivity index (χ0) is 10.9. The van der Waals surface area contributed by atoms with Gasteiger partial charge in [-0.15, -0.1) is 0 Å². The van der Waals surface area contributed by atoms with Crippen LogP contribution in [0.25, 0.3) is 0 Å².